The molecule has 2 heteroatoms. The average Bonchev–Trinajstić information content (AvgIpc) is 2.39. The van der Waals surface area contributed by atoms with Gasteiger partial charge in [-0.05, 0) is 40.0 Å². The Morgan fingerprint density at radius 2 is 1.56 bits per heavy atom. The Morgan fingerprint density at radius 1 is 0.944 bits per heavy atom. The summed E-state index contributed by atoms with van der Waals surface area (Å²) in [5, 5.41) is 0.115. The van der Waals surface area contributed by atoms with Gasteiger partial charge < -0.3 is 0 Å². The highest BCUT2D eigenvalue weighted by Gasteiger charge is 2.20. The fourth-order valence-corrected chi connectivity index (χ4v) is 2.34. The molecule has 0 atom stereocenters. The molecular weight excluding hydrogens is 330 g/mol. The second-order valence-corrected chi connectivity index (χ2v) is 6.37. The molecule has 0 N–H and O–H groups in total. The summed E-state index contributed by atoms with van der Waals surface area (Å²) < 4.78 is 1.29. The number of hydrogen-bond acceptors (Lipinski definition) is 0. The smallest absolute Gasteiger partial charge is 0.0632 e. The third-order valence-corrected chi connectivity index (χ3v) is 4.00. The predicted octanol–water partition coefficient (Wildman–Crippen LogP) is 4.43. The van der Waals surface area contributed by atoms with E-state index in [0.717, 1.165) is 6.32 Å². The van der Waals surface area contributed by atoms with Crippen LogP contribution in [0.4, 0.5) is 0 Å². The fraction of sp³-hybridized carbons (Fsp3) is 0.250. The first-order chi connectivity index (χ1) is 8.58. The molecule has 0 saturated carbocycles. The van der Waals surface area contributed by atoms with E-state index in [1.165, 1.54) is 14.7 Å². The molecule has 91 valence electrons. The molecule has 0 nitrogen and oxygen atoms in total. The molecule has 0 fully saturated rings. The highest BCUT2D eigenvalue weighted by Crippen LogP contribution is 2.22. The summed E-state index contributed by atoms with van der Waals surface area (Å²) in [6.45, 7) is 4.55. The minimum absolute atomic E-state index is 0.115. The van der Waals surface area contributed by atoms with Gasteiger partial charge in [-0.25, -0.2) is 0 Å². The molecule has 0 saturated heterocycles. The second kappa shape index (κ2) is 5.92. The first-order valence-electron chi connectivity index (χ1n) is 6.22. The molecule has 0 unspecified atom stereocenters. The molecular formula is C16H17BI. The lowest BCUT2D eigenvalue weighted by atomic mass is 9.49. The zero-order chi connectivity index (χ0) is 13.0. The van der Waals surface area contributed by atoms with E-state index in [0.29, 0.717) is 0 Å². The molecule has 2 rings (SSSR count). The molecule has 1 radical (unpaired) electrons. The monoisotopic (exact) mass is 347 g/mol. The second-order valence-electron chi connectivity index (χ2n) is 5.12. The minimum Gasteiger partial charge on any atom is -0.0632 e. The van der Waals surface area contributed by atoms with Crippen molar-refractivity contribution in [3.05, 3.63) is 69.3 Å². The van der Waals surface area contributed by atoms with Gasteiger partial charge in [0.2, 0.25) is 0 Å². The maximum atomic E-state index is 2.39. The van der Waals surface area contributed by atoms with Crippen LogP contribution in [0.25, 0.3) is 0 Å². The van der Waals surface area contributed by atoms with Crippen LogP contribution in [-0.2, 0) is 11.6 Å². The lowest BCUT2D eigenvalue weighted by molar-refractivity contribution is 0.745. The van der Waals surface area contributed by atoms with Crippen molar-refractivity contribution in [2.45, 2.75) is 25.5 Å². The van der Waals surface area contributed by atoms with Gasteiger partial charge in [0.1, 0.15) is 7.28 Å². The van der Waals surface area contributed by atoms with Crippen LogP contribution < -0.4 is 0 Å². The first-order valence-corrected chi connectivity index (χ1v) is 7.30. The predicted molar refractivity (Wildman–Crippen MR) is 88.1 cm³/mol. The van der Waals surface area contributed by atoms with Crippen molar-refractivity contribution >= 4 is 29.9 Å². The molecule has 18 heavy (non-hydrogen) atoms. The number of rotatable bonds is 4. The van der Waals surface area contributed by atoms with E-state index in [-0.39, 0.29) is 5.31 Å². The van der Waals surface area contributed by atoms with E-state index in [4.69, 9.17) is 0 Å². The van der Waals surface area contributed by atoms with Crippen molar-refractivity contribution in [3.63, 3.8) is 0 Å². The zero-order valence-corrected chi connectivity index (χ0v) is 13.0. The fourth-order valence-electron chi connectivity index (χ4n) is 1.98. The van der Waals surface area contributed by atoms with Crippen LogP contribution in [0.3, 0.4) is 0 Å². The number of hydrogen-bond donors (Lipinski definition) is 0. The Morgan fingerprint density at radius 3 is 2.17 bits per heavy atom. The van der Waals surface area contributed by atoms with Gasteiger partial charge in [-0.1, -0.05) is 73.8 Å². The van der Waals surface area contributed by atoms with Gasteiger partial charge in [-0.3, -0.25) is 0 Å². The Hall–Kier alpha value is -0.765. The van der Waals surface area contributed by atoms with Crippen LogP contribution in [0.1, 0.15) is 25.0 Å². The lowest BCUT2D eigenvalue weighted by Gasteiger charge is -2.24. The molecule has 0 spiro atoms. The summed E-state index contributed by atoms with van der Waals surface area (Å²) >= 11 is 2.34. The molecule has 2 aromatic rings. The molecule has 0 aromatic heterocycles. The van der Waals surface area contributed by atoms with Crippen molar-refractivity contribution in [1.29, 1.82) is 0 Å². The van der Waals surface area contributed by atoms with E-state index in [1.54, 1.807) is 0 Å². The van der Waals surface area contributed by atoms with Crippen LogP contribution in [0, 0.1) is 3.57 Å². The van der Waals surface area contributed by atoms with Crippen molar-refractivity contribution in [3.8, 4) is 0 Å². The molecule has 2 aromatic carbocycles. The van der Waals surface area contributed by atoms with Gasteiger partial charge in [-0.2, -0.15) is 0 Å². The van der Waals surface area contributed by atoms with E-state index >= 15 is 0 Å². The van der Waals surface area contributed by atoms with E-state index in [2.05, 4.69) is 98.3 Å². The Bertz CT molecular complexity index is 488. The minimum atomic E-state index is 0.115. The number of halogens is 1. The zero-order valence-electron chi connectivity index (χ0n) is 10.9. The summed E-state index contributed by atoms with van der Waals surface area (Å²) in [4.78, 5) is 0. The molecule has 0 aliphatic rings. The summed E-state index contributed by atoms with van der Waals surface area (Å²) in [6.07, 6.45) is 1.01. The van der Waals surface area contributed by atoms with Crippen molar-refractivity contribution in [2.24, 2.45) is 0 Å². The van der Waals surface area contributed by atoms with E-state index in [1.807, 2.05) is 0 Å². The van der Waals surface area contributed by atoms with Gasteiger partial charge >= 0.3 is 0 Å². The third kappa shape index (κ3) is 3.61. The largest absolute Gasteiger partial charge is 0.128 e. The van der Waals surface area contributed by atoms with Crippen LogP contribution in [0.15, 0.2) is 54.6 Å². The third-order valence-electron chi connectivity index (χ3n) is 3.28. The van der Waals surface area contributed by atoms with E-state index < -0.39 is 0 Å². The molecule has 0 aliphatic carbocycles. The quantitative estimate of drug-likeness (QED) is 0.567. The van der Waals surface area contributed by atoms with Gasteiger partial charge in [0.05, 0.1) is 0 Å². The molecule has 0 heterocycles. The Kier molecular flexibility index (Phi) is 4.49. The SMILES string of the molecule is CC(C)([B]Cc1ccc(I)cc1)c1ccccc1. The summed E-state index contributed by atoms with van der Waals surface area (Å²) in [5.74, 6) is 0. The Balaban J connectivity index is 2.03. The lowest BCUT2D eigenvalue weighted by Crippen LogP contribution is -2.27. The Labute approximate surface area is 124 Å². The molecule has 0 amide bonds. The van der Waals surface area contributed by atoms with Crippen molar-refractivity contribution in [1.82, 2.24) is 0 Å². The number of benzene rings is 2. The summed E-state index contributed by atoms with van der Waals surface area (Å²) in [5.41, 5.74) is 2.75. The van der Waals surface area contributed by atoms with Gasteiger partial charge in [0.15, 0.2) is 0 Å². The van der Waals surface area contributed by atoms with Gasteiger partial charge in [0.25, 0.3) is 0 Å². The van der Waals surface area contributed by atoms with Crippen LogP contribution >= 0.6 is 22.6 Å². The molecule has 0 aliphatic heterocycles. The summed E-state index contributed by atoms with van der Waals surface area (Å²) in [6, 6.07) is 19.4. The first kappa shape index (κ1) is 13.7. The van der Waals surface area contributed by atoms with Crippen molar-refractivity contribution < 1.29 is 0 Å². The van der Waals surface area contributed by atoms with Crippen LogP contribution in [-0.4, -0.2) is 7.28 Å². The average molecular weight is 347 g/mol. The van der Waals surface area contributed by atoms with Crippen LogP contribution in [0.2, 0.25) is 0 Å². The van der Waals surface area contributed by atoms with E-state index in [9.17, 15) is 0 Å². The maximum Gasteiger partial charge on any atom is 0.128 e. The standard InChI is InChI=1S/C16H17BI/c1-16(2,14-6-4-3-5-7-14)17-12-13-8-10-15(18)11-9-13/h3-11H,12H2,1-2H3. The van der Waals surface area contributed by atoms with Gasteiger partial charge in [0, 0.05) is 3.57 Å². The van der Waals surface area contributed by atoms with Crippen LogP contribution in [0.5, 0.6) is 0 Å². The van der Waals surface area contributed by atoms with Gasteiger partial charge in [-0.15, -0.1) is 0 Å². The maximum absolute atomic E-state index is 2.39. The topological polar surface area (TPSA) is 0 Å². The normalized spacial score (nSPS) is 11.3. The summed E-state index contributed by atoms with van der Waals surface area (Å²) in [7, 11) is 2.39. The highest BCUT2D eigenvalue weighted by atomic mass is 127. The molecule has 0 bridgehead atoms. The van der Waals surface area contributed by atoms with Crippen molar-refractivity contribution in [2.75, 3.05) is 0 Å². The highest BCUT2D eigenvalue weighted by molar-refractivity contribution is 14.1.